The first-order valence-electron chi connectivity index (χ1n) is 9.55. The molecule has 156 valence electrons. The van der Waals surface area contributed by atoms with Crippen LogP contribution in [0.5, 0.6) is 5.75 Å². The Morgan fingerprint density at radius 2 is 2.17 bits per heavy atom. The van der Waals surface area contributed by atoms with E-state index in [0.717, 1.165) is 29.3 Å². The van der Waals surface area contributed by atoms with Crippen LogP contribution in [-0.2, 0) is 4.74 Å². The van der Waals surface area contributed by atoms with Crippen molar-refractivity contribution in [3.63, 3.8) is 0 Å². The molecule has 0 radical (unpaired) electrons. The maximum absolute atomic E-state index is 13.0. The fourth-order valence-electron chi connectivity index (χ4n) is 3.30. The summed E-state index contributed by atoms with van der Waals surface area (Å²) >= 11 is 9.67. The van der Waals surface area contributed by atoms with Crippen LogP contribution in [0.2, 0.25) is 5.02 Å². The summed E-state index contributed by atoms with van der Waals surface area (Å²) in [7, 11) is 1.55. The summed E-state index contributed by atoms with van der Waals surface area (Å²) in [5, 5.41) is 4.15. The zero-order chi connectivity index (χ0) is 21.1. The van der Waals surface area contributed by atoms with Crippen molar-refractivity contribution in [3.05, 3.63) is 63.1 Å². The lowest BCUT2D eigenvalue weighted by molar-refractivity contribution is 0.0854. The molecule has 30 heavy (non-hydrogen) atoms. The van der Waals surface area contributed by atoms with Crippen molar-refractivity contribution >= 4 is 50.1 Å². The average molecular weight is 492 g/mol. The predicted octanol–water partition coefficient (Wildman–Crippen LogP) is 5.00. The Labute approximate surface area is 187 Å². The zero-order valence-corrected chi connectivity index (χ0v) is 18.6. The molecule has 1 atom stereocenters. The van der Waals surface area contributed by atoms with E-state index >= 15 is 0 Å². The van der Waals surface area contributed by atoms with Gasteiger partial charge in [0, 0.05) is 23.0 Å². The van der Waals surface area contributed by atoms with E-state index in [4.69, 9.17) is 25.5 Å². The van der Waals surface area contributed by atoms with Crippen LogP contribution in [0.4, 0.5) is 5.69 Å². The number of hydrogen-bond donors (Lipinski definition) is 1. The number of methoxy groups -OCH3 is 1. The van der Waals surface area contributed by atoms with E-state index in [1.54, 1.807) is 31.4 Å². The highest BCUT2D eigenvalue weighted by molar-refractivity contribution is 9.10. The highest BCUT2D eigenvalue weighted by Gasteiger charge is 2.18. The summed E-state index contributed by atoms with van der Waals surface area (Å²) in [5.74, 6) is 0.278. The molecule has 1 saturated heterocycles. The Balaban J connectivity index is 1.75. The van der Waals surface area contributed by atoms with Crippen molar-refractivity contribution in [3.8, 4) is 5.75 Å². The van der Waals surface area contributed by atoms with Crippen molar-refractivity contribution in [1.82, 2.24) is 5.32 Å². The van der Waals surface area contributed by atoms with E-state index in [1.165, 1.54) is 0 Å². The topological polar surface area (TPSA) is 73.1 Å². The molecule has 2 heterocycles. The summed E-state index contributed by atoms with van der Waals surface area (Å²) in [5.41, 5.74) is 1.71. The van der Waals surface area contributed by atoms with Gasteiger partial charge < -0.3 is 19.2 Å². The zero-order valence-electron chi connectivity index (χ0n) is 16.3. The lowest BCUT2D eigenvalue weighted by Crippen LogP contribution is -2.34. The van der Waals surface area contributed by atoms with Crippen LogP contribution in [0.1, 0.15) is 23.2 Å². The van der Waals surface area contributed by atoms with Crippen molar-refractivity contribution in [2.75, 3.05) is 20.3 Å². The van der Waals surface area contributed by atoms with Crippen molar-refractivity contribution in [1.29, 1.82) is 0 Å². The molecular formula is C22H20BrClN2O4. The first-order valence-corrected chi connectivity index (χ1v) is 10.7. The summed E-state index contributed by atoms with van der Waals surface area (Å²) < 4.78 is 17.7. The standard InChI is InChI=1S/C22H20BrClN2O4/c1-28-20-7-5-15(11-18(20)24)26-22-17(21(27)25-12-16-3-2-8-29-16)10-13-9-14(23)4-6-19(13)30-22/h4-7,9-11,16H,2-3,8,12H2,1H3,(H,25,27). The monoisotopic (exact) mass is 490 g/mol. The first kappa shape index (κ1) is 20.9. The minimum atomic E-state index is -0.269. The minimum absolute atomic E-state index is 0.0428. The Morgan fingerprint density at radius 3 is 2.90 bits per heavy atom. The predicted molar refractivity (Wildman–Crippen MR) is 118 cm³/mol. The van der Waals surface area contributed by atoms with Gasteiger partial charge >= 0.3 is 0 Å². The second-order valence-electron chi connectivity index (χ2n) is 6.92. The van der Waals surface area contributed by atoms with Gasteiger partial charge in [0.25, 0.3) is 5.91 Å². The molecule has 1 aliphatic rings. The number of fused-ring (bicyclic) bond motifs is 1. The Kier molecular flexibility index (Phi) is 6.41. The number of rotatable bonds is 5. The normalized spacial score (nSPS) is 16.8. The molecule has 3 aromatic rings. The Bertz CT molecular complexity index is 1160. The molecule has 4 rings (SSSR count). The van der Waals surface area contributed by atoms with Crippen molar-refractivity contribution in [2.45, 2.75) is 18.9 Å². The smallest absolute Gasteiger partial charge is 0.256 e. The lowest BCUT2D eigenvalue weighted by Gasteiger charge is -2.11. The Hall–Kier alpha value is -2.35. The lowest BCUT2D eigenvalue weighted by atomic mass is 10.1. The summed E-state index contributed by atoms with van der Waals surface area (Å²) in [6.45, 7) is 1.18. The largest absolute Gasteiger partial charge is 0.495 e. The molecule has 6 nitrogen and oxygen atoms in total. The fourth-order valence-corrected chi connectivity index (χ4v) is 3.93. The molecule has 2 aromatic carbocycles. The molecule has 1 aliphatic heterocycles. The van der Waals surface area contributed by atoms with Gasteiger partial charge in [-0.2, -0.15) is 0 Å². The van der Waals surface area contributed by atoms with Gasteiger partial charge in [-0.1, -0.05) is 27.5 Å². The molecule has 8 heteroatoms. The molecule has 1 amide bonds. The maximum Gasteiger partial charge on any atom is 0.256 e. The number of amides is 1. The van der Waals surface area contributed by atoms with Gasteiger partial charge in [0.15, 0.2) is 0 Å². The second-order valence-corrected chi connectivity index (χ2v) is 8.25. The number of hydrogen-bond acceptors (Lipinski definition) is 5. The van der Waals surface area contributed by atoms with Gasteiger partial charge in [0.2, 0.25) is 5.55 Å². The van der Waals surface area contributed by atoms with Crippen LogP contribution < -0.4 is 15.6 Å². The van der Waals surface area contributed by atoms with Gasteiger partial charge in [0.05, 0.1) is 23.9 Å². The van der Waals surface area contributed by atoms with Gasteiger partial charge in [-0.05, 0) is 55.3 Å². The highest BCUT2D eigenvalue weighted by Crippen LogP contribution is 2.28. The number of halogens is 2. The van der Waals surface area contributed by atoms with Gasteiger partial charge in [-0.15, -0.1) is 0 Å². The summed E-state index contributed by atoms with van der Waals surface area (Å²) in [4.78, 5) is 17.5. The summed E-state index contributed by atoms with van der Waals surface area (Å²) in [6.07, 6.45) is 2.00. The van der Waals surface area contributed by atoms with Crippen LogP contribution in [-0.4, -0.2) is 32.3 Å². The molecule has 0 bridgehead atoms. The van der Waals surface area contributed by atoms with Crippen LogP contribution in [0, 0.1) is 0 Å². The van der Waals surface area contributed by atoms with Gasteiger partial charge in [-0.3, -0.25) is 4.79 Å². The number of nitrogens with zero attached hydrogens (tertiary/aromatic N) is 1. The van der Waals surface area contributed by atoms with Crippen LogP contribution in [0.25, 0.3) is 11.0 Å². The van der Waals surface area contributed by atoms with E-state index in [-0.39, 0.29) is 17.6 Å². The molecule has 1 fully saturated rings. The number of ether oxygens (including phenoxy) is 2. The quantitative estimate of drug-likeness (QED) is 0.545. The third-order valence-corrected chi connectivity index (χ3v) is 5.62. The SMILES string of the molecule is COc1ccc(N=c2oc3ccc(Br)cc3cc2C(=O)NCC2CCCO2)cc1Cl. The molecule has 0 spiro atoms. The maximum atomic E-state index is 13.0. The molecule has 0 saturated carbocycles. The van der Waals surface area contributed by atoms with Crippen molar-refractivity contribution < 1.29 is 18.7 Å². The van der Waals surface area contributed by atoms with Gasteiger partial charge in [-0.25, -0.2) is 4.99 Å². The third-order valence-electron chi connectivity index (χ3n) is 4.83. The number of benzene rings is 2. The molecular weight excluding hydrogens is 472 g/mol. The fraction of sp³-hybridized carbons (Fsp3) is 0.273. The molecule has 1 unspecified atom stereocenters. The van der Waals surface area contributed by atoms with E-state index in [1.807, 2.05) is 18.2 Å². The molecule has 1 N–H and O–H groups in total. The van der Waals surface area contributed by atoms with Crippen molar-refractivity contribution in [2.24, 2.45) is 4.99 Å². The number of carbonyl (C=O) groups excluding carboxylic acids is 1. The van der Waals surface area contributed by atoms with E-state index in [2.05, 4.69) is 26.2 Å². The third kappa shape index (κ3) is 4.69. The first-order chi connectivity index (χ1) is 14.5. The van der Waals surface area contributed by atoms with Gasteiger partial charge in [0.1, 0.15) is 16.9 Å². The average Bonchev–Trinajstić information content (AvgIpc) is 3.25. The highest BCUT2D eigenvalue weighted by atomic mass is 79.9. The summed E-state index contributed by atoms with van der Waals surface area (Å²) in [6, 6.07) is 12.5. The van der Waals surface area contributed by atoms with Crippen LogP contribution in [0.15, 0.2) is 56.3 Å². The second kappa shape index (κ2) is 9.20. The molecule has 1 aromatic heterocycles. The van der Waals surface area contributed by atoms with Crippen LogP contribution in [0.3, 0.4) is 0 Å². The molecule has 0 aliphatic carbocycles. The van der Waals surface area contributed by atoms with E-state index < -0.39 is 0 Å². The van der Waals surface area contributed by atoms with Crippen LogP contribution >= 0.6 is 27.5 Å². The Morgan fingerprint density at radius 1 is 1.30 bits per heavy atom. The number of carbonyl (C=O) groups is 1. The number of nitrogens with one attached hydrogen (secondary N) is 1. The van der Waals surface area contributed by atoms with E-state index in [0.29, 0.717) is 34.2 Å². The minimum Gasteiger partial charge on any atom is -0.495 e. The van der Waals surface area contributed by atoms with E-state index in [9.17, 15) is 4.79 Å².